The highest BCUT2D eigenvalue weighted by Crippen LogP contribution is 2.60. The summed E-state index contributed by atoms with van der Waals surface area (Å²) < 4.78 is 7.56. The Morgan fingerprint density at radius 3 is 2.77 bits per heavy atom. The lowest BCUT2D eigenvalue weighted by Gasteiger charge is -2.52. The van der Waals surface area contributed by atoms with E-state index < -0.39 is 17.0 Å². The van der Waals surface area contributed by atoms with E-state index in [1.54, 1.807) is 10.6 Å². The van der Waals surface area contributed by atoms with Crippen LogP contribution in [0.2, 0.25) is 0 Å². The van der Waals surface area contributed by atoms with Crippen molar-refractivity contribution in [2.75, 3.05) is 11.9 Å². The van der Waals surface area contributed by atoms with Crippen LogP contribution in [0.25, 0.3) is 10.9 Å². The van der Waals surface area contributed by atoms with Gasteiger partial charge in [-0.05, 0) is 44.0 Å². The molecule has 0 radical (unpaired) electrons. The van der Waals surface area contributed by atoms with E-state index in [-0.39, 0.29) is 11.5 Å². The van der Waals surface area contributed by atoms with E-state index in [0.717, 1.165) is 11.3 Å². The SMILES string of the molecule is CCOC1=N[C@@]2(C)c3nc4ccccc4c(=O)n3[C@@H]1C[C@@]21C(=O)Nc2ccccc21. The highest BCUT2D eigenvalue weighted by Gasteiger charge is 2.68. The Morgan fingerprint density at radius 2 is 1.93 bits per heavy atom. The van der Waals surface area contributed by atoms with E-state index in [1.165, 1.54) is 0 Å². The van der Waals surface area contributed by atoms with Crippen LogP contribution in [0.3, 0.4) is 0 Å². The lowest BCUT2D eigenvalue weighted by Crippen LogP contribution is -2.63. The van der Waals surface area contributed by atoms with Gasteiger partial charge in [-0.25, -0.2) is 9.98 Å². The first-order valence-corrected chi connectivity index (χ1v) is 10.2. The number of benzene rings is 2. The molecule has 4 aliphatic rings. The molecule has 2 bridgehead atoms. The summed E-state index contributed by atoms with van der Waals surface area (Å²) in [6.07, 6.45) is 0.401. The molecule has 0 fully saturated rings. The van der Waals surface area contributed by atoms with Gasteiger partial charge in [0.25, 0.3) is 5.56 Å². The number of rotatable bonds is 1. The number of aliphatic imine (C=N–C) groups is 1. The average molecular weight is 400 g/mol. The first-order chi connectivity index (χ1) is 14.5. The predicted molar refractivity (Wildman–Crippen MR) is 113 cm³/mol. The number of hydrogen-bond acceptors (Lipinski definition) is 5. The minimum atomic E-state index is -1.08. The molecule has 1 spiro atoms. The number of carbonyl (C=O) groups is 1. The fourth-order valence-corrected chi connectivity index (χ4v) is 5.47. The van der Waals surface area contributed by atoms with Crippen LogP contribution in [0.1, 0.15) is 37.7 Å². The molecule has 1 aromatic heterocycles. The predicted octanol–water partition coefficient (Wildman–Crippen LogP) is 2.90. The minimum absolute atomic E-state index is 0.107. The van der Waals surface area contributed by atoms with Gasteiger partial charge in [0, 0.05) is 5.69 Å². The lowest BCUT2D eigenvalue weighted by molar-refractivity contribution is -0.125. The quantitative estimate of drug-likeness (QED) is 0.681. The number of nitrogens with zero attached hydrogens (tertiary/aromatic N) is 3. The van der Waals surface area contributed by atoms with E-state index in [1.807, 2.05) is 56.3 Å². The molecule has 30 heavy (non-hydrogen) atoms. The molecule has 0 saturated carbocycles. The molecular formula is C23H20N4O3. The maximum absolute atomic E-state index is 13.5. The van der Waals surface area contributed by atoms with Crippen LogP contribution in [-0.4, -0.2) is 28.0 Å². The summed E-state index contributed by atoms with van der Waals surface area (Å²) in [5.41, 5.74) is 0.149. The molecule has 1 N–H and O–H groups in total. The van der Waals surface area contributed by atoms with Gasteiger partial charge in [-0.1, -0.05) is 30.3 Å². The number of nitrogens with one attached hydrogen (secondary N) is 1. The summed E-state index contributed by atoms with van der Waals surface area (Å²) in [5.74, 6) is 0.899. The monoisotopic (exact) mass is 400 g/mol. The third-order valence-corrected chi connectivity index (χ3v) is 6.82. The molecule has 0 saturated heterocycles. The van der Waals surface area contributed by atoms with Gasteiger partial charge in [0.05, 0.1) is 17.5 Å². The fourth-order valence-electron chi connectivity index (χ4n) is 5.47. The van der Waals surface area contributed by atoms with Gasteiger partial charge in [-0.15, -0.1) is 0 Å². The second-order valence-corrected chi connectivity index (χ2v) is 8.21. The molecule has 0 aliphatic carbocycles. The van der Waals surface area contributed by atoms with Crippen molar-refractivity contribution in [1.82, 2.24) is 9.55 Å². The molecule has 2 aromatic carbocycles. The van der Waals surface area contributed by atoms with Crippen LogP contribution in [0.15, 0.2) is 58.3 Å². The molecule has 7 heteroatoms. The number of para-hydroxylation sites is 2. The van der Waals surface area contributed by atoms with Gasteiger partial charge in [-0.2, -0.15) is 0 Å². The smallest absolute Gasteiger partial charge is 0.262 e. The summed E-state index contributed by atoms with van der Waals surface area (Å²) >= 11 is 0. The second-order valence-electron chi connectivity index (χ2n) is 8.21. The molecule has 3 atom stereocenters. The van der Waals surface area contributed by atoms with Crippen molar-refractivity contribution >= 4 is 28.4 Å². The highest BCUT2D eigenvalue weighted by atomic mass is 16.5. The van der Waals surface area contributed by atoms with Gasteiger partial charge in [0.15, 0.2) is 0 Å². The van der Waals surface area contributed by atoms with Gasteiger partial charge < -0.3 is 10.1 Å². The second kappa shape index (κ2) is 5.56. The van der Waals surface area contributed by atoms with Crippen molar-refractivity contribution in [3.63, 3.8) is 0 Å². The summed E-state index contributed by atoms with van der Waals surface area (Å²) in [6, 6.07) is 14.5. The summed E-state index contributed by atoms with van der Waals surface area (Å²) in [5, 5.41) is 3.59. The average Bonchev–Trinajstić information content (AvgIpc) is 3.03. The topological polar surface area (TPSA) is 85.6 Å². The maximum atomic E-state index is 13.5. The first kappa shape index (κ1) is 17.4. The van der Waals surface area contributed by atoms with Crippen LogP contribution in [0, 0.1) is 0 Å². The third kappa shape index (κ3) is 1.81. The van der Waals surface area contributed by atoms with Crippen LogP contribution in [0.5, 0.6) is 0 Å². The zero-order chi connectivity index (χ0) is 20.7. The van der Waals surface area contributed by atoms with Gasteiger partial charge in [0.1, 0.15) is 22.8 Å². The van der Waals surface area contributed by atoms with E-state index in [4.69, 9.17) is 14.7 Å². The minimum Gasteiger partial charge on any atom is -0.480 e. The molecule has 1 amide bonds. The van der Waals surface area contributed by atoms with E-state index >= 15 is 0 Å². The Labute approximate surface area is 172 Å². The number of aromatic nitrogens is 2. The van der Waals surface area contributed by atoms with E-state index in [0.29, 0.717) is 35.7 Å². The van der Waals surface area contributed by atoms with Crippen LogP contribution >= 0.6 is 0 Å². The highest BCUT2D eigenvalue weighted by molar-refractivity contribution is 6.09. The molecule has 150 valence electrons. The van der Waals surface area contributed by atoms with Crippen LogP contribution < -0.4 is 10.9 Å². The molecule has 0 unspecified atom stereocenters. The molecule has 7 nitrogen and oxygen atoms in total. The van der Waals surface area contributed by atoms with Crippen molar-refractivity contribution in [3.05, 3.63) is 70.3 Å². The standard InChI is InChI=1S/C23H20N4O3/c1-3-30-18-17-12-23(14-9-5-7-11-16(14)25-21(23)29)22(2,26-18)20-24-15-10-6-4-8-13(15)19(28)27(17)20/h4-11,17H,3,12H2,1-2H3,(H,25,29)/t17-,22+,23-/m1/s1. The van der Waals surface area contributed by atoms with E-state index in [9.17, 15) is 9.59 Å². The molecule has 3 aromatic rings. The lowest BCUT2D eigenvalue weighted by atomic mass is 9.59. The normalized spacial score (nSPS) is 28.3. The molecule has 4 aliphatic heterocycles. The Hall–Kier alpha value is -3.48. The largest absolute Gasteiger partial charge is 0.480 e. The number of amides is 1. The summed E-state index contributed by atoms with van der Waals surface area (Å²) in [4.78, 5) is 36.8. The number of anilines is 1. The zero-order valence-electron chi connectivity index (χ0n) is 16.7. The van der Waals surface area contributed by atoms with Gasteiger partial charge >= 0.3 is 0 Å². The summed E-state index contributed by atoms with van der Waals surface area (Å²) in [7, 11) is 0. The van der Waals surface area contributed by atoms with Crippen molar-refractivity contribution in [2.24, 2.45) is 4.99 Å². The number of hydrogen-bond donors (Lipinski definition) is 1. The van der Waals surface area contributed by atoms with Crippen molar-refractivity contribution < 1.29 is 9.53 Å². The maximum Gasteiger partial charge on any atom is 0.262 e. The molecule has 7 rings (SSSR count). The van der Waals surface area contributed by atoms with Crippen LogP contribution in [0.4, 0.5) is 5.69 Å². The van der Waals surface area contributed by atoms with Gasteiger partial charge in [-0.3, -0.25) is 14.2 Å². The fraction of sp³-hybridized carbons (Fsp3) is 0.304. The molecular weight excluding hydrogens is 380 g/mol. The number of fused-ring (bicyclic) bond motifs is 2. The van der Waals surface area contributed by atoms with Crippen molar-refractivity contribution in [2.45, 2.75) is 37.3 Å². The molecule has 5 heterocycles. The van der Waals surface area contributed by atoms with E-state index in [2.05, 4.69) is 5.32 Å². The Bertz CT molecular complexity index is 1340. The van der Waals surface area contributed by atoms with Crippen LogP contribution in [-0.2, 0) is 20.5 Å². The Morgan fingerprint density at radius 1 is 1.17 bits per heavy atom. The third-order valence-electron chi connectivity index (χ3n) is 6.82. The number of carbonyl (C=O) groups excluding carboxylic acids is 1. The first-order valence-electron chi connectivity index (χ1n) is 10.2. The van der Waals surface area contributed by atoms with Gasteiger partial charge in [0.2, 0.25) is 11.8 Å². The van der Waals surface area contributed by atoms with Crippen molar-refractivity contribution in [3.8, 4) is 0 Å². The Balaban J connectivity index is 1.73. The Kier molecular flexibility index (Phi) is 3.22. The zero-order valence-corrected chi connectivity index (χ0v) is 16.7. The van der Waals surface area contributed by atoms with Crippen molar-refractivity contribution in [1.29, 1.82) is 0 Å². The summed E-state index contributed by atoms with van der Waals surface area (Å²) in [6.45, 7) is 4.23. The number of ether oxygens (including phenoxy) is 1.